The maximum absolute atomic E-state index is 13.9. The van der Waals surface area contributed by atoms with Crippen molar-refractivity contribution in [2.24, 2.45) is 5.41 Å². The van der Waals surface area contributed by atoms with Gasteiger partial charge in [-0.1, -0.05) is 13.8 Å². The van der Waals surface area contributed by atoms with Gasteiger partial charge in [0.2, 0.25) is 0 Å². The molecule has 2 heterocycles. The number of amides is 1. The zero-order valence-electron chi connectivity index (χ0n) is 17.2. The Morgan fingerprint density at radius 2 is 1.90 bits per heavy atom. The number of anilines is 2. The summed E-state index contributed by atoms with van der Waals surface area (Å²) in [6.07, 6.45) is 4.38. The molecular weight excluding hydrogens is 371 g/mol. The van der Waals surface area contributed by atoms with Gasteiger partial charge in [0.25, 0.3) is 5.91 Å². The standard InChI is InChI=1S/C23H27FN2O3/c1-14-20-18(27)12-23(2,3)13-19(20)29-21(14)22(28)25-16-11-15(24)7-8-17(16)26-9-5-4-6-10-26/h7-8,11H,4-6,9-10,12-13H2,1-3H3,(H,25,28). The van der Waals surface area contributed by atoms with Crippen LogP contribution in [0, 0.1) is 18.2 Å². The number of nitrogens with one attached hydrogen (secondary N) is 1. The Balaban J connectivity index is 1.64. The minimum Gasteiger partial charge on any atom is -0.455 e. The van der Waals surface area contributed by atoms with Gasteiger partial charge in [-0.15, -0.1) is 0 Å². The normalized spacial score (nSPS) is 18.5. The Labute approximate surface area is 170 Å². The monoisotopic (exact) mass is 398 g/mol. The summed E-state index contributed by atoms with van der Waals surface area (Å²) in [5.41, 5.74) is 2.15. The largest absolute Gasteiger partial charge is 0.455 e. The molecule has 1 aromatic heterocycles. The third-order valence-corrected chi connectivity index (χ3v) is 5.89. The van der Waals surface area contributed by atoms with Crippen LogP contribution in [0.4, 0.5) is 15.8 Å². The van der Waals surface area contributed by atoms with Crippen LogP contribution in [0.25, 0.3) is 0 Å². The number of carbonyl (C=O) groups is 2. The van der Waals surface area contributed by atoms with Gasteiger partial charge < -0.3 is 14.6 Å². The number of fused-ring (bicyclic) bond motifs is 1. The number of carbonyl (C=O) groups excluding carboxylic acids is 2. The zero-order valence-corrected chi connectivity index (χ0v) is 17.2. The minimum absolute atomic E-state index is 0.0105. The van der Waals surface area contributed by atoms with Crippen molar-refractivity contribution >= 4 is 23.1 Å². The van der Waals surface area contributed by atoms with Gasteiger partial charge in [-0.3, -0.25) is 9.59 Å². The molecule has 1 fully saturated rings. The number of nitrogens with zero attached hydrogens (tertiary/aromatic N) is 1. The van der Waals surface area contributed by atoms with Crippen molar-refractivity contribution in [2.45, 2.75) is 52.9 Å². The second-order valence-electron chi connectivity index (χ2n) is 8.96. The van der Waals surface area contributed by atoms with Gasteiger partial charge in [-0.2, -0.15) is 0 Å². The molecule has 2 aliphatic rings. The fourth-order valence-corrected chi connectivity index (χ4v) is 4.50. The maximum Gasteiger partial charge on any atom is 0.291 e. The third kappa shape index (κ3) is 3.80. The number of hydrogen-bond donors (Lipinski definition) is 1. The van der Waals surface area contributed by atoms with E-state index >= 15 is 0 Å². The smallest absolute Gasteiger partial charge is 0.291 e. The summed E-state index contributed by atoms with van der Waals surface area (Å²) >= 11 is 0. The van der Waals surface area contributed by atoms with Gasteiger partial charge in [0.15, 0.2) is 11.5 Å². The summed E-state index contributed by atoms with van der Waals surface area (Å²) < 4.78 is 19.8. The van der Waals surface area contributed by atoms with Crippen LogP contribution >= 0.6 is 0 Å². The Bertz CT molecular complexity index is 971. The maximum atomic E-state index is 13.9. The number of benzene rings is 1. The molecule has 154 valence electrons. The fraction of sp³-hybridized carbons (Fsp3) is 0.478. The lowest BCUT2D eigenvalue weighted by Crippen LogP contribution is -2.30. The zero-order chi connectivity index (χ0) is 20.8. The van der Waals surface area contributed by atoms with E-state index in [9.17, 15) is 14.0 Å². The van der Waals surface area contributed by atoms with Crippen molar-refractivity contribution < 1.29 is 18.4 Å². The van der Waals surface area contributed by atoms with Crippen molar-refractivity contribution in [1.29, 1.82) is 0 Å². The molecule has 1 aliphatic carbocycles. The molecule has 1 N–H and O–H groups in total. The molecule has 0 bridgehead atoms. The molecule has 2 aromatic rings. The number of Topliss-reactive ketones (excluding diaryl/α,β-unsaturated/α-hetero) is 1. The van der Waals surface area contributed by atoms with Crippen molar-refractivity contribution in [3.63, 3.8) is 0 Å². The van der Waals surface area contributed by atoms with Crippen molar-refractivity contribution in [2.75, 3.05) is 23.3 Å². The van der Waals surface area contributed by atoms with Gasteiger partial charge >= 0.3 is 0 Å². The highest BCUT2D eigenvalue weighted by Gasteiger charge is 2.37. The lowest BCUT2D eigenvalue weighted by molar-refractivity contribution is 0.0898. The Hall–Kier alpha value is -2.63. The Kier molecular flexibility index (Phi) is 4.97. The number of hydrogen-bond acceptors (Lipinski definition) is 4. The average Bonchev–Trinajstić information content (AvgIpc) is 2.98. The summed E-state index contributed by atoms with van der Waals surface area (Å²) in [6, 6.07) is 4.47. The number of piperidine rings is 1. The van der Waals surface area contributed by atoms with E-state index in [2.05, 4.69) is 10.2 Å². The quantitative estimate of drug-likeness (QED) is 0.779. The van der Waals surface area contributed by atoms with Crippen LogP contribution in [0.1, 0.15) is 71.8 Å². The van der Waals surface area contributed by atoms with Crippen LogP contribution in [0.5, 0.6) is 0 Å². The molecule has 0 atom stereocenters. The predicted octanol–water partition coefficient (Wildman–Crippen LogP) is 5.12. The molecule has 5 nitrogen and oxygen atoms in total. The molecule has 1 aliphatic heterocycles. The van der Waals surface area contributed by atoms with E-state index in [1.807, 2.05) is 13.8 Å². The van der Waals surface area contributed by atoms with E-state index < -0.39 is 11.7 Å². The minimum atomic E-state index is -0.452. The molecule has 0 radical (unpaired) electrons. The Morgan fingerprint density at radius 3 is 2.62 bits per heavy atom. The first-order chi connectivity index (χ1) is 13.7. The molecule has 1 saturated heterocycles. The first kappa shape index (κ1) is 19.7. The van der Waals surface area contributed by atoms with Crippen molar-refractivity contribution in [1.82, 2.24) is 0 Å². The van der Waals surface area contributed by atoms with Crippen LogP contribution in [0.15, 0.2) is 22.6 Å². The summed E-state index contributed by atoms with van der Waals surface area (Å²) in [4.78, 5) is 27.8. The van der Waals surface area contributed by atoms with E-state index in [-0.39, 0.29) is 17.0 Å². The summed E-state index contributed by atoms with van der Waals surface area (Å²) in [7, 11) is 0. The van der Waals surface area contributed by atoms with Crippen molar-refractivity contribution in [3.05, 3.63) is 46.7 Å². The van der Waals surface area contributed by atoms with Gasteiger partial charge in [-0.25, -0.2) is 4.39 Å². The lowest BCUT2D eigenvalue weighted by atomic mass is 9.76. The molecule has 0 unspecified atom stereocenters. The van der Waals surface area contributed by atoms with Gasteiger partial charge in [0.05, 0.1) is 16.9 Å². The van der Waals surface area contributed by atoms with Crippen LogP contribution in [0.2, 0.25) is 0 Å². The molecule has 4 rings (SSSR count). The fourth-order valence-electron chi connectivity index (χ4n) is 4.50. The summed E-state index contributed by atoms with van der Waals surface area (Å²) in [5.74, 6) is -0.143. The number of rotatable bonds is 3. The summed E-state index contributed by atoms with van der Waals surface area (Å²) in [6.45, 7) is 7.54. The van der Waals surface area contributed by atoms with Crippen molar-refractivity contribution in [3.8, 4) is 0 Å². The van der Waals surface area contributed by atoms with Gasteiger partial charge in [0, 0.05) is 31.5 Å². The van der Waals surface area contributed by atoms with Gasteiger partial charge in [-0.05, 0) is 49.8 Å². The second-order valence-corrected chi connectivity index (χ2v) is 8.96. The van der Waals surface area contributed by atoms with Crippen LogP contribution in [0.3, 0.4) is 0 Å². The molecule has 29 heavy (non-hydrogen) atoms. The highest BCUT2D eigenvalue weighted by Crippen LogP contribution is 2.39. The molecular formula is C23H27FN2O3. The van der Waals surface area contributed by atoms with Crippen LogP contribution < -0.4 is 10.2 Å². The molecule has 1 aromatic carbocycles. The van der Waals surface area contributed by atoms with E-state index in [4.69, 9.17) is 4.42 Å². The highest BCUT2D eigenvalue weighted by molar-refractivity contribution is 6.08. The second kappa shape index (κ2) is 7.32. The number of furan rings is 1. The van der Waals surface area contributed by atoms with E-state index in [1.54, 1.807) is 13.0 Å². The highest BCUT2D eigenvalue weighted by atomic mass is 19.1. The molecule has 0 spiro atoms. The lowest BCUT2D eigenvalue weighted by Gasteiger charge is -2.30. The first-order valence-electron chi connectivity index (χ1n) is 10.3. The first-order valence-corrected chi connectivity index (χ1v) is 10.3. The van der Waals surface area contributed by atoms with Gasteiger partial charge in [0.1, 0.15) is 11.6 Å². The molecule has 6 heteroatoms. The van der Waals surface area contributed by atoms with E-state index in [0.717, 1.165) is 31.6 Å². The average molecular weight is 398 g/mol. The number of ketones is 1. The predicted molar refractivity (Wildman–Crippen MR) is 110 cm³/mol. The van der Waals surface area contributed by atoms with E-state index in [1.165, 1.54) is 18.6 Å². The van der Waals surface area contributed by atoms with Crippen LogP contribution in [-0.4, -0.2) is 24.8 Å². The molecule has 0 saturated carbocycles. The SMILES string of the molecule is Cc1c(C(=O)Nc2cc(F)ccc2N2CCCCC2)oc2c1C(=O)CC(C)(C)C2. The molecule has 1 amide bonds. The topological polar surface area (TPSA) is 62.6 Å². The number of halogens is 1. The third-order valence-electron chi connectivity index (χ3n) is 5.89. The Morgan fingerprint density at radius 1 is 1.17 bits per heavy atom. The summed E-state index contributed by atoms with van der Waals surface area (Å²) in [5, 5.41) is 2.82. The van der Waals surface area contributed by atoms with E-state index in [0.29, 0.717) is 35.4 Å². The van der Waals surface area contributed by atoms with Crippen LogP contribution in [-0.2, 0) is 6.42 Å².